The van der Waals surface area contributed by atoms with E-state index in [4.69, 9.17) is 51.1 Å². The van der Waals surface area contributed by atoms with Crippen molar-refractivity contribution in [2.45, 2.75) is 6.92 Å². The monoisotopic (exact) mass is 359 g/mol. The van der Waals surface area contributed by atoms with E-state index in [1.807, 2.05) is 21.0 Å². The highest BCUT2D eigenvalue weighted by atomic mass is 35.5. The Bertz CT molecular complexity index is 539. The Hall–Kier alpha value is -0.0600. The van der Waals surface area contributed by atoms with Crippen LogP contribution in [0.25, 0.3) is 0 Å². The highest BCUT2D eigenvalue weighted by molar-refractivity contribution is 8.11. The fourth-order valence-electron chi connectivity index (χ4n) is 0.979. The third-order valence-corrected chi connectivity index (χ3v) is 5.88. The molecule has 1 aromatic heterocycles. The fourth-order valence-corrected chi connectivity index (χ4v) is 3.01. The molecule has 0 radical (unpaired) electrons. The van der Waals surface area contributed by atoms with Gasteiger partial charge in [-0.15, -0.1) is 0 Å². The van der Waals surface area contributed by atoms with Crippen LogP contribution in [-0.4, -0.2) is 36.5 Å². The predicted octanol–water partition coefficient (Wildman–Crippen LogP) is 4.34. The van der Waals surface area contributed by atoms with Crippen molar-refractivity contribution < 1.29 is 4.52 Å². The summed E-state index contributed by atoms with van der Waals surface area (Å²) in [6.07, 6.45) is -0.230. The zero-order valence-electron chi connectivity index (χ0n) is 10.6. The molecule has 1 rings (SSSR count). The molecule has 0 saturated heterocycles. The molecule has 1 unspecified atom stereocenters. The molecule has 0 bridgehead atoms. The third kappa shape index (κ3) is 5.09. The summed E-state index contributed by atoms with van der Waals surface area (Å²) in [6.45, 7) is 1.90. The molecule has 106 valence electrons. The minimum atomic E-state index is -2.43. The Morgan fingerprint density at radius 3 is 2.58 bits per heavy atom. The summed E-state index contributed by atoms with van der Waals surface area (Å²) >= 11 is 23.1. The number of rotatable bonds is 5. The maximum absolute atomic E-state index is 6.01. The summed E-state index contributed by atoms with van der Waals surface area (Å²) in [5.74, 6) is 0.164. The van der Waals surface area contributed by atoms with Crippen LogP contribution in [0.15, 0.2) is 10.8 Å². The number of aromatic nitrogens is 1. The van der Waals surface area contributed by atoms with Crippen LogP contribution in [-0.2, 0) is 11.8 Å². The second kappa shape index (κ2) is 7.09. The zero-order valence-corrected chi connectivity index (χ0v) is 14.6. The summed E-state index contributed by atoms with van der Waals surface area (Å²) < 4.78 is 9.98. The van der Waals surface area contributed by atoms with Crippen LogP contribution in [0.3, 0.4) is 0 Å². The molecule has 0 amide bonds. The molecule has 1 aromatic rings. The van der Waals surface area contributed by atoms with Crippen LogP contribution >= 0.6 is 41.2 Å². The van der Waals surface area contributed by atoms with Crippen molar-refractivity contribution in [1.29, 1.82) is 0 Å². The maximum Gasteiger partial charge on any atom is 0.239 e. The maximum atomic E-state index is 6.01. The topological polar surface area (TPSA) is 37.7 Å². The molecule has 0 saturated carbocycles. The molecule has 0 aliphatic heterocycles. The normalized spacial score (nSPS) is 14.4. The van der Waals surface area contributed by atoms with Crippen molar-refractivity contribution in [3.05, 3.63) is 21.3 Å². The highest BCUT2D eigenvalue weighted by Crippen LogP contribution is 2.49. The molecule has 0 aliphatic rings. The van der Waals surface area contributed by atoms with Crippen molar-refractivity contribution in [1.82, 2.24) is 9.88 Å². The summed E-state index contributed by atoms with van der Waals surface area (Å²) in [5.41, 5.74) is 0. The van der Waals surface area contributed by atoms with E-state index >= 15 is 0 Å². The van der Waals surface area contributed by atoms with Gasteiger partial charge in [0.25, 0.3) is 0 Å². The van der Waals surface area contributed by atoms with Crippen LogP contribution < -0.4 is 4.52 Å². The summed E-state index contributed by atoms with van der Waals surface area (Å²) in [4.78, 5) is 5.77. The minimum Gasteiger partial charge on any atom is -0.428 e. The van der Waals surface area contributed by atoms with Gasteiger partial charge in [0.2, 0.25) is 12.3 Å². The molecule has 9 heteroatoms. The van der Waals surface area contributed by atoms with Gasteiger partial charge in [0, 0.05) is 20.3 Å². The number of halogens is 3. The second-order valence-electron chi connectivity index (χ2n) is 3.79. The van der Waals surface area contributed by atoms with E-state index in [2.05, 4.69) is 9.75 Å². The third-order valence-electron chi connectivity index (χ3n) is 1.94. The number of hydrogen-bond acceptors (Lipinski definition) is 3. The Morgan fingerprint density at radius 1 is 1.42 bits per heavy atom. The molecule has 0 spiro atoms. The van der Waals surface area contributed by atoms with Gasteiger partial charge in [-0.1, -0.05) is 41.7 Å². The molecule has 1 atom stereocenters. The molecule has 0 N–H and O–H groups in total. The first kappa shape index (κ1) is 17.0. The van der Waals surface area contributed by atoms with E-state index in [0.29, 0.717) is 6.16 Å². The molecule has 0 aromatic carbocycles. The van der Waals surface area contributed by atoms with E-state index in [0.717, 1.165) is 0 Å². The number of hydrogen-bond donors (Lipinski definition) is 0. The average molecular weight is 361 g/mol. The SMILES string of the molecule is CCP(=S)(N=CN(C)C)Oc1nc(Cl)c(Cl)cc1Cl. The standard InChI is InChI=1S/C10H13Cl3N3OPS/c1-4-18(19,14-6-16(2)3)17-10-8(12)5-7(11)9(13)15-10/h5-6H,4H2,1-3H3. The summed E-state index contributed by atoms with van der Waals surface area (Å²) in [7, 11) is 3.70. The largest absolute Gasteiger partial charge is 0.428 e. The molecule has 19 heavy (non-hydrogen) atoms. The van der Waals surface area contributed by atoms with Gasteiger partial charge < -0.3 is 9.42 Å². The van der Waals surface area contributed by atoms with E-state index in [-0.39, 0.29) is 21.1 Å². The van der Waals surface area contributed by atoms with Crippen LogP contribution in [0, 0.1) is 0 Å². The van der Waals surface area contributed by atoms with E-state index < -0.39 is 6.42 Å². The number of pyridine rings is 1. The molecule has 1 heterocycles. The van der Waals surface area contributed by atoms with Crippen molar-refractivity contribution >= 4 is 59.4 Å². The van der Waals surface area contributed by atoms with E-state index in [9.17, 15) is 0 Å². The second-order valence-corrected chi connectivity index (χ2v) is 8.99. The molecular weight excluding hydrogens is 348 g/mol. The quantitative estimate of drug-likeness (QED) is 0.339. The van der Waals surface area contributed by atoms with Gasteiger partial charge in [0.05, 0.1) is 11.4 Å². The first-order valence-electron chi connectivity index (χ1n) is 5.29. The molecule has 0 aliphatic carbocycles. The van der Waals surface area contributed by atoms with Crippen molar-refractivity contribution in [3.63, 3.8) is 0 Å². The van der Waals surface area contributed by atoms with Crippen LogP contribution in [0.4, 0.5) is 0 Å². The molecule has 0 fully saturated rings. The Balaban J connectivity index is 3.05. The minimum absolute atomic E-state index is 0.121. The Labute approximate surface area is 132 Å². The van der Waals surface area contributed by atoms with Gasteiger partial charge in [0.1, 0.15) is 5.02 Å². The lowest BCUT2D eigenvalue weighted by Crippen LogP contribution is -2.08. The Kier molecular flexibility index (Phi) is 6.34. The first-order chi connectivity index (χ1) is 8.77. The predicted molar refractivity (Wildman–Crippen MR) is 86.9 cm³/mol. The highest BCUT2D eigenvalue weighted by Gasteiger charge is 2.19. The first-order valence-corrected chi connectivity index (χ1v) is 9.29. The van der Waals surface area contributed by atoms with Gasteiger partial charge in [-0.05, 0) is 17.9 Å². The average Bonchev–Trinajstić information content (AvgIpc) is 2.33. The molecule has 4 nitrogen and oxygen atoms in total. The zero-order chi connectivity index (χ0) is 14.6. The smallest absolute Gasteiger partial charge is 0.239 e. The van der Waals surface area contributed by atoms with Crippen LogP contribution in [0.5, 0.6) is 5.88 Å². The van der Waals surface area contributed by atoms with E-state index in [1.54, 1.807) is 11.2 Å². The number of nitrogens with zero attached hydrogens (tertiary/aromatic N) is 3. The lowest BCUT2D eigenvalue weighted by molar-refractivity contribution is 0.583. The van der Waals surface area contributed by atoms with Gasteiger partial charge in [-0.2, -0.15) is 4.98 Å². The van der Waals surface area contributed by atoms with Crippen LogP contribution in [0.2, 0.25) is 15.2 Å². The summed E-state index contributed by atoms with van der Waals surface area (Å²) in [5, 5.41) is 0.646. The van der Waals surface area contributed by atoms with Gasteiger partial charge in [0.15, 0.2) is 5.15 Å². The van der Waals surface area contributed by atoms with Crippen LogP contribution in [0.1, 0.15) is 6.92 Å². The van der Waals surface area contributed by atoms with E-state index in [1.165, 1.54) is 6.07 Å². The van der Waals surface area contributed by atoms with Crippen molar-refractivity contribution in [2.24, 2.45) is 4.76 Å². The Morgan fingerprint density at radius 2 is 2.05 bits per heavy atom. The lowest BCUT2D eigenvalue weighted by atomic mass is 10.5. The van der Waals surface area contributed by atoms with Gasteiger partial charge in [-0.3, -0.25) is 0 Å². The lowest BCUT2D eigenvalue weighted by Gasteiger charge is -2.18. The van der Waals surface area contributed by atoms with Gasteiger partial charge in [-0.25, -0.2) is 4.76 Å². The van der Waals surface area contributed by atoms with Crippen molar-refractivity contribution in [2.75, 3.05) is 20.3 Å². The fraction of sp³-hybridized carbons (Fsp3) is 0.400. The van der Waals surface area contributed by atoms with Crippen molar-refractivity contribution in [3.8, 4) is 5.88 Å². The van der Waals surface area contributed by atoms with Gasteiger partial charge >= 0.3 is 0 Å². The molecular formula is C10H13Cl3N3OPS. The summed E-state index contributed by atoms with van der Waals surface area (Å²) in [6, 6.07) is 1.47.